The van der Waals surface area contributed by atoms with Crippen LogP contribution >= 0.6 is 15.9 Å². The maximum Gasteiger partial charge on any atom is 0.148 e. The molecule has 0 saturated heterocycles. The summed E-state index contributed by atoms with van der Waals surface area (Å²) in [4.78, 5) is 0. The van der Waals surface area contributed by atoms with E-state index < -0.39 is 0 Å². The summed E-state index contributed by atoms with van der Waals surface area (Å²) in [6.45, 7) is 4.11. The number of nitrogens with zero attached hydrogens (tertiary/aromatic N) is 3. The molecule has 0 fully saturated rings. The highest BCUT2D eigenvalue weighted by Crippen LogP contribution is 2.06. The highest BCUT2D eigenvalue weighted by Gasteiger charge is 1.98. The van der Waals surface area contributed by atoms with Crippen LogP contribution < -0.4 is 0 Å². The van der Waals surface area contributed by atoms with Crippen molar-refractivity contribution in [2.75, 3.05) is 0 Å². The van der Waals surface area contributed by atoms with Gasteiger partial charge >= 0.3 is 0 Å². The molecule has 0 bridgehead atoms. The molecular weight excluding hydrogens is 182 g/mol. The summed E-state index contributed by atoms with van der Waals surface area (Å²) in [7, 11) is 0. The molecule has 4 heteroatoms. The van der Waals surface area contributed by atoms with E-state index in [4.69, 9.17) is 0 Å². The zero-order valence-corrected chi connectivity index (χ0v) is 6.96. The van der Waals surface area contributed by atoms with Crippen LogP contribution in [-0.2, 0) is 0 Å². The van der Waals surface area contributed by atoms with Crippen molar-refractivity contribution in [2.45, 2.75) is 19.9 Å². The first kappa shape index (κ1) is 6.74. The lowest BCUT2D eigenvalue weighted by Crippen LogP contribution is -2.00. The number of hydrogen-bond donors (Lipinski definition) is 0. The molecule has 0 aliphatic rings. The van der Waals surface area contributed by atoms with Gasteiger partial charge in [-0.2, -0.15) is 0 Å². The van der Waals surface area contributed by atoms with Crippen molar-refractivity contribution in [3.8, 4) is 0 Å². The monoisotopic (exact) mass is 189 g/mol. The highest BCUT2D eigenvalue weighted by atomic mass is 79.9. The molecule has 1 aromatic rings. The second-order valence-electron chi connectivity index (χ2n) is 2.12. The first-order valence-corrected chi connectivity index (χ1v) is 3.57. The third kappa shape index (κ3) is 1.51. The van der Waals surface area contributed by atoms with Crippen molar-refractivity contribution in [1.29, 1.82) is 0 Å². The summed E-state index contributed by atoms with van der Waals surface area (Å²) >= 11 is 3.21. The predicted octanol–water partition coefficient (Wildman–Crippen LogP) is 1.62. The average Bonchev–Trinajstić information content (AvgIpc) is 2.14. The van der Waals surface area contributed by atoms with E-state index in [9.17, 15) is 0 Å². The van der Waals surface area contributed by atoms with Crippen LogP contribution in [0, 0.1) is 0 Å². The summed E-state index contributed by atoms with van der Waals surface area (Å²) in [6, 6.07) is 0.392. The van der Waals surface area contributed by atoms with Gasteiger partial charge < -0.3 is 0 Å². The molecule has 0 atom stereocenters. The van der Waals surface area contributed by atoms with Crippen LogP contribution in [0.4, 0.5) is 0 Å². The second-order valence-corrected chi connectivity index (χ2v) is 2.93. The van der Waals surface area contributed by atoms with Crippen molar-refractivity contribution < 1.29 is 0 Å². The molecule has 1 aromatic heterocycles. The lowest BCUT2D eigenvalue weighted by Gasteiger charge is -2.00. The quantitative estimate of drug-likeness (QED) is 0.673. The fraction of sp³-hybridized carbons (Fsp3) is 0.600. The first-order valence-electron chi connectivity index (χ1n) is 2.77. The lowest BCUT2D eigenvalue weighted by atomic mass is 10.4. The molecule has 1 rings (SSSR count). The molecule has 50 valence electrons. The summed E-state index contributed by atoms with van der Waals surface area (Å²) in [5.74, 6) is 0. The Hall–Kier alpha value is -0.380. The van der Waals surface area contributed by atoms with Gasteiger partial charge in [-0.3, -0.25) is 0 Å². The van der Waals surface area contributed by atoms with Crippen LogP contribution in [-0.4, -0.2) is 15.0 Å². The van der Waals surface area contributed by atoms with Gasteiger partial charge in [0.05, 0.1) is 6.20 Å². The predicted molar refractivity (Wildman–Crippen MR) is 38.1 cm³/mol. The van der Waals surface area contributed by atoms with Crippen molar-refractivity contribution >= 4 is 15.9 Å². The van der Waals surface area contributed by atoms with Crippen LogP contribution in [0.1, 0.15) is 19.9 Å². The van der Waals surface area contributed by atoms with E-state index in [2.05, 4.69) is 40.1 Å². The molecule has 1 heterocycles. The minimum atomic E-state index is 0.392. The molecule has 0 N–H and O–H groups in total. The fourth-order valence-electron chi connectivity index (χ4n) is 0.508. The zero-order chi connectivity index (χ0) is 6.85. The van der Waals surface area contributed by atoms with E-state index in [1.54, 1.807) is 4.68 Å². The fourth-order valence-corrected chi connectivity index (χ4v) is 0.788. The SMILES string of the molecule is CC(C)n1cc(Br)nn1. The smallest absolute Gasteiger partial charge is 0.148 e. The zero-order valence-electron chi connectivity index (χ0n) is 5.37. The maximum absolute atomic E-state index is 3.84. The molecule has 0 unspecified atom stereocenters. The van der Waals surface area contributed by atoms with E-state index >= 15 is 0 Å². The standard InChI is InChI=1S/C5H8BrN3/c1-4(2)9-3-5(6)7-8-9/h3-4H,1-2H3. The van der Waals surface area contributed by atoms with Gasteiger partial charge in [0.2, 0.25) is 0 Å². The van der Waals surface area contributed by atoms with Gasteiger partial charge in [-0.15, -0.1) is 5.10 Å². The van der Waals surface area contributed by atoms with Gasteiger partial charge in [-0.1, -0.05) is 5.21 Å². The van der Waals surface area contributed by atoms with Gasteiger partial charge in [0.25, 0.3) is 0 Å². The summed E-state index contributed by atoms with van der Waals surface area (Å²) in [6.07, 6.45) is 1.85. The molecule has 0 radical (unpaired) electrons. The van der Waals surface area contributed by atoms with Crippen LogP contribution in [0.25, 0.3) is 0 Å². The van der Waals surface area contributed by atoms with Gasteiger partial charge in [-0.25, -0.2) is 4.68 Å². The van der Waals surface area contributed by atoms with E-state index in [1.165, 1.54) is 0 Å². The Morgan fingerprint density at radius 3 is 2.56 bits per heavy atom. The second kappa shape index (κ2) is 2.47. The van der Waals surface area contributed by atoms with Gasteiger partial charge in [0.1, 0.15) is 4.60 Å². The first-order chi connectivity index (χ1) is 4.20. The van der Waals surface area contributed by atoms with E-state index in [1.807, 2.05) is 6.20 Å². The number of rotatable bonds is 1. The van der Waals surface area contributed by atoms with Crippen molar-refractivity contribution in [3.05, 3.63) is 10.8 Å². The molecule has 0 aliphatic carbocycles. The summed E-state index contributed by atoms with van der Waals surface area (Å²) < 4.78 is 2.58. The number of aromatic nitrogens is 3. The molecule has 0 amide bonds. The van der Waals surface area contributed by atoms with Gasteiger partial charge in [-0.05, 0) is 29.8 Å². The third-order valence-electron chi connectivity index (χ3n) is 1.01. The Kier molecular flexibility index (Phi) is 1.85. The topological polar surface area (TPSA) is 30.7 Å². The van der Waals surface area contributed by atoms with Crippen molar-refractivity contribution in [1.82, 2.24) is 15.0 Å². The molecule has 0 saturated carbocycles. The summed E-state index contributed by atoms with van der Waals surface area (Å²) in [5, 5.41) is 7.60. The minimum absolute atomic E-state index is 0.392. The Balaban J connectivity index is 2.85. The van der Waals surface area contributed by atoms with Crippen LogP contribution in [0.3, 0.4) is 0 Å². The van der Waals surface area contributed by atoms with Crippen LogP contribution in [0.2, 0.25) is 0 Å². The maximum atomic E-state index is 3.84. The molecular formula is C5H8BrN3. The van der Waals surface area contributed by atoms with Crippen molar-refractivity contribution in [2.24, 2.45) is 0 Å². The van der Waals surface area contributed by atoms with E-state index in [0.29, 0.717) is 6.04 Å². The third-order valence-corrected chi connectivity index (χ3v) is 1.37. The molecule has 0 aromatic carbocycles. The number of halogens is 1. The summed E-state index contributed by atoms with van der Waals surface area (Å²) in [5.41, 5.74) is 0. The molecule has 9 heavy (non-hydrogen) atoms. The van der Waals surface area contributed by atoms with Crippen LogP contribution in [0.15, 0.2) is 10.8 Å². The van der Waals surface area contributed by atoms with Gasteiger partial charge in [0, 0.05) is 6.04 Å². The minimum Gasteiger partial charge on any atom is -0.249 e. The van der Waals surface area contributed by atoms with Crippen LogP contribution in [0.5, 0.6) is 0 Å². The van der Waals surface area contributed by atoms with Gasteiger partial charge in [0.15, 0.2) is 0 Å². The largest absolute Gasteiger partial charge is 0.249 e. The number of hydrogen-bond acceptors (Lipinski definition) is 2. The van der Waals surface area contributed by atoms with E-state index in [0.717, 1.165) is 4.60 Å². The Bertz CT molecular complexity index is 194. The molecule has 0 aliphatic heterocycles. The molecule has 0 spiro atoms. The van der Waals surface area contributed by atoms with E-state index in [-0.39, 0.29) is 0 Å². The lowest BCUT2D eigenvalue weighted by molar-refractivity contribution is 0.514. The Labute approximate surface area is 62.2 Å². The van der Waals surface area contributed by atoms with Crippen molar-refractivity contribution in [3.63, 3.8) is 0 Å². The Morgan fingerprint density at radius 1 is 1.67 bits per heavy atom. The normalized spacial score (nSPS) is 10.7. The Morgan fingerprint density at radius 2 is 2.33 bits per heavy atom. The average molecular weight is 190 g/mol. The highest BCUT2D eigenvalue weighted by molar-refractivity contribution is 9.10. The molecule has 3 nitrogen and oxygen atoms in total.